The Balaban J connectivity index is 2.62. The molecule has 0 radical (unpaired) electrons. The van der Waals surface area contributed by atoms with E-state index in [0.29, 0.717) is 17.7 Å². The fourth-order valence-corrected chi connectivity index (χ4v) is 1.19. The van der Waals surface area contributed by atoms with Crippen molar-refractivity contribution >= 4 is 11.6 Å². The van der Waals surface area contributed by atoms with Gasteiger partial charge in [0.1, 0.15) is 12.4 Å². The molecule has 1 N–H and O–H groups in total. The van der Waals surface area contributed by atoms with Gasteiger partial charge in [0.15, 0.2) is 0 Å². The summed E-state index contributed by atoms with van der Waals surface area (Å²) in [7, 11) is 1.92. The average molecular weight is 214 g/mol. The largest absolute Gasteiger partial charge is 0.492 e. The first-order valence-corrected chi connectivity index (χ1v) is 5.07. The maximum atomic E-state index is 5.87. The van der Waals surface area contributed by atoms with Crippen LogP contribution in [0.1, 0.15) is 12.5 Å². The van der Waals surface area contributed by atoms with Crippen LogP contribution in [0.3, 0.4) is 0 Å². The first kappa shape index (κ1) is 11.3. The lowest BCUT2D eigenvalue weighted by Crippen LogP contribution is -2.28. The molecule has 0 saturated heterocycles. The third kappa shape index (κ3) is 3.20. The number of halogens is 1. The van der Waals surface area contributed by atoms with Gasteiger partial charge >= 0.3 is 0 Å². The topological polar surface area (TPSA) is 21.3 Å². The summed E-state index contributed by atoms with van der Waals surface area (Å²) in [5.41, 5.74) is 1.11. The predicted octanol–water partition coefficient (Wildman–Crippen LogP) is 2.64. The number of ether oxygens (including phenoxy) is 1. The summed E-state index contributed by atoms with van der Waals surface area (Å²) in [6, 6.07) is 6.01. The number of aryl methyl sites for hydroxylation is 1. The monoisotopic (exact) mass is 213 g/mol. The molecule has 0 amide bonds. The van der Waals surface area contributed by atoms with Gasteiger partial charge in [0, 0.05) is 11.1 Å². The number of benzene rings is 1. The summed E-state index contributed by atoms with van der Waals surface area (Å²) in [4.78, 5) is 0. The van der Waals surface area contributed by atoms with E-state index >= 15 is 0 Å². The maximum Gasteiger partial charge on any atom is 0.123 e. The van der Waals surface area contributed by atoms with Crippen molar-refractivity contribution in [2.45, 2.75) is 19.9 Å². The van der Waals surface area contributed by atoms with Gasteiger partial charge < -0.3 is 10.1 Å². The number of hydrogen-bond acceptors (Lipinski definition) is 2. The smallest absolute Gasteiger partial charge is 0.123 e. The minimum absolute atomic E-state index is 0.341. The van der Waals surface area contributed by atoms with E-state index in [1.54, 1.807) is 0 Å². The minimum Gasteiger partial charge on any atom is -0.492 e. The third-order valence-corrected chi connectivity index (χ3v) is 2.37. The van der Waals surface area contributed by atoms with Gasteiger partial charge in [-0.05, 0) is 38.6 Å². The lowest BCUT2D eigenvalue weighted by Gasteiger charge is -2.13. The van der Waals surface area contributed by atoms with Crippen molar-refractivity contribution in [3.63, 3.8) is 0 Å². The Morgan fingerprint density at radius 3 is 2.86 bits per heavy atom. The van der Waals surface area contributed by atoms with Gasteiger partial charge in [0.2, 0.25) is 0 Å². The van der Waals surface area contributed by atoms with Gasteiger partial charge in [-0.2, -0.15) is 0 Å². The molecule has 0 aliphatic heterocycles. The van der Waals surface area contributed by atoms with Crippen LogP contribution >= 0.6 is 11.6 Å². The molecule has 78 valence electrons. The fraction of sp³-hybridized carbons (Fsp3) is 0.455. The second-order valence-corrected chi connectivity index (χ2v) is 3.85. The summed E-state index contributed by atoms with van der Waals surface area (Å²) >= 11 is 5.87. The SMILES string of the molecule is CNC(C)COc1cc(Cl)ccc1C. The quantitative estimate of drug-likeness (QED) is 0.831. The minimum atomic E-state index is 0.341. The van der Waals surface area contributed by atoms with Crippen molar-refractivity contribution < 1.29 is 4.74 Å². The molecule has 0 bridgehead atoms. The molecule has 0 aliphatic carbocycles. The number of nitrogens with one attached hydrogen (secondary N) is 1. The highest BCUT2D eigenvalue weighted by Gasteiger charge is 2.03. The molecule has 1 rings (SSSR count). The van der Waals surface area contributed by atoms with E-state index in [4.69, 9.17) is 16.3 Å². The van der Waals surface area contributed by atoms with Crippen LogP contribution < -0.4 is 10.1 Å². The first-order valence-electron chi connectivity index (χ1n) is 4.69. The van der Waals surface area contributed by atoms with Gasteiger partial charge in [-0.3, -0.25) is 0 Å². The lowest BCUT2D eigenvalue weighted by atomic mass is 10.2. The molecule has 1 unspecified atom stereocenters. The Labute approximate surface area is 90.2 Å². The Morgan fingerprint density at radius 1 is 1.50 bits per heavy atom. The Kier molecular flexibility index (Phi) is 4.23. The molecular formula is C11H16ClNO. The summed E-state index contributed by atoms with van der Waals surface area (Å²) in [6.07, 6.45) is 0. The van der Waals surface area contributed by atoms with Crippen molar-refractivity contribution in [1.82, 2.24) is 5.32 Å². The molecule has 1 atom stereocenters. The molecule has 0 aromatic heterocycles. The second kappa shape index (κ2) is 5.23. The summed E-state index contributed by atoms with van der Waals surface area (Å²) in [5.74, 6) is 0.861. The van der Waals surface area contributed by atoms with Crippen molar-refractivity contribution in [1.29, 1.82) is 0 Å². The van der Waals surface area contributed by atoms with Gasteiger partial charge in [-0.1, -0.05) is 17.7 Å². The highest BCUT2D eigenvalue weighted by molar-refractivity contribution is 6.30. The van der Waals surface area contributed by atoms with Crippen LogP contribution in [0.15, 0.2) is 18.2 Å². The Hall–Kier alpha value is -0.730. The standard InChI is InChI=1S/C11H16ClNO/c1-8-4-5-10(12)6-11(8)14-7-9(2)13-3/h4-6,9,13H,7H2,1-3H3. The van der Waals surface area contributed by atoms with E-state index in [1.807, 2.05) is 32.2 Å². The summed E-state index contributed by atoms with van der Waals surface area (Å²) in [5, 5.41) is 3.82. The number of hydrogen-bond donors (Lipinski definition) is 1. The molecule has 2 nitrogen and oxygen atoms in total. The molecule has 1 aromatic carbocycles. The zero-order valence-electron chi connectivity index (χ0n) is 8.80. The van der Waals surface area contributed by atoms with Crippen LogP contribution in [0.5, 0.6) is 5.75 Å². The normalized spacial score (nSPS) is 12.6. The number of rotatable bonds is 4. The van der Waals surface area contributed by atoms with Crippen LogP contribution in [0.2, 0.25) is 5.02 Å². The van der Waals surface area contributed by atoms with Gasteiger partial charge in [-0.15, -0.1) is 0 Å². The van der Waals surface area contributed by atoms with Crippen LogP contribution in [-0.2, 0) is 0 Å². The molecule has 0 fully saturated rings. The molecular weight excluding hydrogens is 198 g/mol. The zero-order chi connectivity index (χ0) is 10.6. The summed E-state index contributed by atoms with van der Waals surface area (Å²) < 4.78 is 5.62. The Morgan fingerprint density at radius 2 is 2.21 bits per heavy atom. The average Bonchev–Trinajstić information content (AvgIpc) is 2.19. The maximum absolute atomic E-state index is 5.87. The molecule has 3 heteroatoms. The fourth-order valence-electron chi connectivity index (χ4n) is 1.03. The van der Waals surface area contributed by atoms with Gasteiger partial charge in [0.25, 0.3) is 0 Å². The highest BCUT2D eigenvalue weighted by Crippen LogP contribution is 2.22. The molecule has 1 aromatic rings. The second-order valence-electron chi connectivity index (χ2n) is 3.41. The molecule has 0 aliphatic rings. The van der Waals surface area contributed by atoms with Crippen LogP contribution in [-0.4, -0.2) is 19.7 Å². The van der Waals surface area contributed by atoms with E-state index in [2.05, 4.69) is 12.2 Å². The van der Waals surface area contributed by atoms with Crippen LogP contribution in [0.25, 0.3) is 0 Å². The van der Waals surface area contributed by atoms with E-state index < -0.39 is 0 Å². The van der Waals surface area contributed by atoms with E-state index in [0.717, 1.165) is 11.3 Å². The van der Waals surface area contributed by atoms with Crippen LogP contribution in [0.4, 0.5) is 0 Å². The van der Waals surface area contributed by atoms with Crippen molar-refractivity contribution in [3.8, 4) is 5.75 Å². The molecule has 0 heterocycles. The van der Waals surface area contributed by atoms with Crippen molar-refractivity contribution in [2.75, 3.05) is 13.7 Å². The predicted molar refractivity (Wildman–Crippen MR) is 60.2 cm³/mol. The van der Waals surface area contributed by atoms with Crippen molar-refractivity contribution in [2.24, 2.45) is 0 Å². The summed E-state index contributed by atoms with van der Waals surface area (Å²) in [6.45, 7) is 4.73. The number of likely N-dealkylation sites (N-methyl/N-ethyl adjacent to an activating group) is 1. The van der Waals surface area contributed by atoms with Crippen molar-refractivity contribution in [3.05, 3.63) is 28.8 Å². The third-order valence-electron chi connectivity index (χ3n) is 2.13. The molecule has 0 spiro atoms. The van der Waals surface area contributed by atoms with Crippen LogP contribution in [0, 0.1) is 6.92 Å². The molecule has 14 heavy (non-hydrogen) atoms. The van der Waals surface area contributed by atoms with E-state index in [-0.39, 0.29) is 0 Å². The van der Waals surface area contributed by atoms with E-state index in [1.165, 1.54) is 0 Å². The van der Waals surface area contributed by atoms with E-state index in [9.17, 15) is 0 Å². The van der Waals surface area contributed by atoms with Gasteiger partial charge in [0.05, 0.1) is 0 Å². The first-order chi connectivity index (χ1) is 6.63. The molecule has 0 saturated carbocycles. The van der Waals surface area contributed by atoms with Gasteiger partial charge in [-0.25, -0.2) is 0 Å². The highest BCUT2D eigenvalue weighted by atomic mass is 35.5. The zero-order valence-corrected chi connectivity index (χ0v) is 9.56. The lowest BCUT2D eigenvalue weighted by molar-refractivity contribution is 0.278. The Bertz CT molecular complexity index is 301.